The van der Waals surface area contributed by atoms with Crippen LogP contribution in [0.25, 0.3) is 0 Å². The highest BCUT2D eigenvalue weighted by Gasteiger charge is 2.19. The molecule has 0 heterocycles. The molecule has 2 aromatic carbocycles. The third kappa shape index (κ3) is 2.69. The van der Waals surface area contributed by atoms with Gasteiger partial charge < -0.3 is 0 Å². The molecule has 0 aliphatic rings. The summed E-state index contributed by atoms with van der Waals surface area (Å²) in [5, 5.41) is 0. The van der Waals surface area contributed by atoms with E-state index in [2.05, 4.69) is 0 Å². The van der Waals surface area contributed by atoms with Crippen LogP contribution >= 0.6 is 22.6 Å². The van der Waals surface area contributed by atoms with Crippen molar-refractivity contribution in [2.24, 2.45) is 0 Å². The Morgan fingerprint density at radius 2 is 1.50 bits per heavy atom. The first kappa shape index (κ1) is 13.4. The van der Waals surface area contributed by atoms with Crippen LogP contribution in [0.1, 0.15) is 0 Å². The zero-order valence-electron chi connectivity index (χ0n) is 8.90. The number of hydrogen-bond acceptors (Lipinski definition) is 2. The Bertz CT molecular complexity index is 679. The fourth-order valence-electron chi connectivity index (χ4n) is 1.45. The lowest BCUT2D eigenvalue weighted by atomic mass is 10.3. The van der Waals surface area contributed by atoms with E-state index in [9.17, 15) is 17.2 Å². The smallest absolute Gasteiger partial charge is 0.206 e. The molecule has 2 rings (SSSR count). The molecule has 0 aliphatic heterocycles. The van der Waals surface area contributed by atoms with E-state index in [0.29, 0.717) is 6.07 Å². The summed E-state index contributed by atoms with van der Waals surface area (Å²) < 4.78 is 51.1. The van der Waals surface area contributed by atoms with E-state index in [1.807, 2.05) is 22.6 Å². The van der Waals surface area contributed by atoms with Crippen LogP contribution in [0.3, 0.4) is 0 Å². The van der Waals surface area contributed by atoms with Crippen LogP contribution in [0.15, 0.2) is 52.3 Å². The summed E-state index contributed by atoms with van der Waals surface area (Å²) in [6.45, 7) is 0. The highest BCUT2D eigenvalue weighted by Crippen LogP contribution is 2.23. The molecule has 0 spiro atoms. The van der Waals surface area contributed by atoms with Crippen molar-refractivity contribution in [2.75, 3.05) is 0 Å². The third-order valence-corrected chi connectivity index (χ3v) is 4.65. The largest absolute Gasteiger partial charge is 0.219 e. The van der Waals surface area contributed by atoms with Crippen molar-refractivity contribution in [1.29, 1.82) is 0 Å². The molecule has 2 aromatic rings. The number of sulfone groups is 1. The van der Waals surface area contributed by atoms with Gasteiger partial charge in [-0.25, -0.2) is 17.2 Å². The first-order valence-electron chi connectivity index (χ1n) is 4.86. The third-order valence-electron chi connectivity index (χ3n) is 2.25. The molecule has 18 heavy (non-hydrogen) atoms. The van der Waals surface area contributed by atoms with Gasteiger partial charge in [0.15, 0.2) is 0 Å². The van der Waals surface area contributed by atoms with E-state index in [1.54, 1.807) is 12.1 Å². The van der Waals surface area contributed by atoms with E-state index in [4.69, 9.17) is 0 Å². The van der Waals surface area contributed by atoms with Crippen molar-refractivity contribution in [3.05, 3.63) is 57.7 Å². The average molecular weight is 380 g/mol. The predicted molar refractivity (Wildman–Crippen MR) is 71.0 cm³/mol. The molecule has 94 valence electrons. The Kier molecular flexibility index (Phi) is 3.67. The van der Waals surface area contributed by atoms with Gasteiger partial charge in [-0.05, 0) is 52.9 Å². The SMILES string of the molecule is O=S(=O)(c1cc(F)cc(F)c1)c1cccc(I)c1. The van der Waals surface area contributed by atoms with E-state index < -0.39 is 21.5 Å². The first-order valence-corrected chi connectivity index (χ1v) is 7.42. The Labute approximate surface area is 117 Å². The second-order valence-electron chi connectivity index (χ2n) is 3.57. The summed E-state index contributed by atoms with van der Waals surface area (Å²) in [6.07, 6.45) is 0. The monoisotopic (exact) mass is 380 g/mol. The van der Waals surface area contributed by atoms with Crippen molar-refractivity contribution in [2.45, 2.75) is 9.79 Å². The predicted octanol–water partition coefficient (Wildman–Crippen LogP) is 3.40. The molecule has 0 bridgehead atoms. The van der Waals surface area contributed by atoms with E-state index in [1.165, 1.54) is 12.1 Å². The lowest BCUT2D eigenvalue weighted by Crippen LogP contribution is -2.03. The Morgan fingerprint density at radius 1 is 0.889 bits per heavy atom. The zero-order valence-corrected chi connectivity index (χ0v) is 11.9. The van der Waals surface area contributed by atoms with E-state index >= 15 is 0 Å². The summed E-state index contributed by atoms with van der Waals surface area (Å²) in [6, 6.07) is 8.37. The minimum atomic E-state index is -3.89. The topological polar surface area (TPSA) is 34.1 Å². The number of halogens is 3. The maximum Gasteiger partial charge on any atom is 0.206 e. The second kappa shape index (κ2) is 4.93. The van der Waals surface area contributed by atoms with Gasteiger partial charge in [0.2, 0.25) is 9.84 Å². The first-order chi connectivity index (χ1) is 8.39. The maximum absolute atomic E-state index is 13.0. The minimum absolute atomic E-state index is 0.0133. The molecule has 0 aromatic heterocycles. The van der Waals surface area contributed by atoms with Crippen LogP contribution < -0.4 is 0 Å². The highest BCUT2D eigenvalue weighted by atomic mass is 127. The number of benzene rings is 2. The van der Waals surface area contributed by atoms with E-state index in [-0.39, 0.29) is 9.79 Å². The van der Waals surface area contributed by atoms with Gasteiger partial charge in [-0.15, -0.1) is 0 Å². The normalized spacial score (nSPS) is 11.5. The summed E-state index contributed by atoms with van der Waals surface area (Å²) in [4.78, 5) is -0.374. The van der Waals surface area contributed by atoms with Crippen LogP contribution in [-0.4, -0.2) is 8.42 Å². The Balaban J connectivity index is 2.61. The van der Waals surface area contributed by atoms with Crippen LogP contribution in [0, 0.1) is 15.2 Å². The molecule has 0 amide bonds. The zero-order chi connectivity index (χ0) is 13.3. The molecule has 0 saturated carbocycles. The fraction of sp³-hybridized carbons (Fsp3) is 0. The highest BCUT2D eigenvalue weighted by molar-refractivity contribution is 14.1. The van der Waals surface area contributed by atoms with Gasteiger partial charge in [0.25, 0.3) is 0 Å². The quantitative estimate of drug-likeness (QED) is 0.749. The molecule has 0 fully saturated rings. The van der Waals surface area contributed by atoms with Crippen LogP contribution in [0.2, 0.25) is 0 Å². The van der Waals surface area contributed by atoms with Gasteiger partial charge >= 0.3 is 0 Å². The lowest BCUT2D eigenvalue weighted by molar-refractivity contribution is 0.567. The summed E-state index contributed by atoms with van der Waals surface area (Å²) in [5.41, 5.74) is 0. The van der Waals surface area contributed by atoms with E-state index in [0.717, 1.165) is 15.7 Å². The number of hydrogen-bond donors (Lipinski definition) is 0. The lowest BCUT2D eigenvalue weighted by Gasteiger charge is -2.05. The Hall–Kier alpha value is -1.02. The number of rotatable bonds is 2. The molecule has 0 atom stereocenters. The van der Waals surface area contributed by atoms with Gasteiger partial charge in [0.05, 0.1) is 9.79 Å². The Morgan fingerprint density at radius 3 is 2.06 bits per heavy atom. The molecule has 0 unspecified atom stereocenters. The van der Waals surface area contributed by atoms with Crippen molar-refractivity contribution >= 4 is 32.4 Å². The van der Waals surface area contributed by atoms with Crippen molar-refractivity contribution in [3.8, 4) is 0 Å². The summed E-state index contributed by atoms with van der Waals surface area (Å²) >= 11 is 1.97. The van der Waals surface area contributed by atoms with Gasteiger partial charge in [-0.3, -0.25) is 0 Å². The van der Waals surface area contributed by atoms with Crippen LogP contribution in [-0.2, 0) is 9.84 Å². The summed E-state index contributed by atoms with van der Waals surface area (Å²) in [5.74, 6) is -1.83. The van der Waals surface area contributed by atoms with Gasteiger partial charge in [0.1, 0.15) is 11.6 Å². The molecule has 2 nitrogen and oxygen atoms in total. The molecule has 0 N–H and O–H groups in total. The average Bonchev–Trinajstić information content (AvgIpc) is 2.27. The van der Waals surface area contributed by atoms with Crippen molar-refractivity contribution < 1.29 is 17.2 Å². The maximum atomic E-state index is 13.0. The van der Waals surface area contributed by atoms with Gasteiger partial charge in [0, 0.05) is 9.64 Å². The van der Waals surface area contributed by atoms with Gasteiger partial charge in [-0.1, -0.05) is 6.07 Å². The molecule has 0 radical (unpaired) electrons. The molecule has 0 aliphatic carbocycles. The van der Waals surface area contributed by atoms with Crippen LogP contribution in [0.4, 0.5) is 8.78 Å². The molecular formula is C12H7F2IO2S. The minimum Gasteiger partial charge on any atom is -0.219 e. The molecule has 6 heteroatoms. The molecular weight excluding hydrogens is 373 g/mol. The fourth-order valence-corrected chi connectivity index (χ4v) is 3.56. The molecule has 0 saturated heterocycles. The van der Waals surface area contributed by atoms with Crippen molar-refractivity contribution in [3.63, 3.8) is 0 Å². The second-order valence-corrected chi connectivity index (χ2v) is 6.76. The summed E-state index contributed by atoms with van der Waals surface area (Å²) in [7, 11) is -3.89. The van der Waals surface area contributed by atoms with Crippen molar-refractivity contribution in [1.82, 2.24) is 0 Å². The standard InChI is InChI=1S/C12H7F2IO2S/c13-8-4-9(14)6-12(5-8)18(16,17)11-3-1-2-10(15)7-11/h1-7H. The van der Waals surface area contributed by atoms with Gasteiger partial charge in [-0.2, -0.15) is 0 Å². The van der Waals surface area contributed by atoms with Crippen LogP contribution in [0.5, 0.6) is 0 Å².